The molecule has 4 aromatic rings. The van der Waals surface area contributed by atoms with Gasteiger partial charge in [0.15, 0.2) is 0 Å². The molecule has 0 bridgehead atoms. The number of carbonyl (C=O) groups is 2. The number of halogens is 1. The molecule has 1 heterocycles. The number of aromatic nitrogens is 1. The molecule has 0 aliphatic rings. The zero-order valence-corrected chi connectivity index (χ0v) is 20.8. The molecule has 0 atom stereocenters. The first-order valence-electron chi connectivity index (χ1n) is 11.2. The molecule has 0 radical (unpaired) electrons. The Morgan fingerprint density at radius 2 is 1.83 bits per heavy atom. The van der Waals surface area contributed by atoms with E-state index in [-0.39, 0.29) is 12.3 Å². The number of hydrogen-bond acceptors (Lipinski definition) is 7. The molecule has 0 spiro atoms. The molecule has 0 fully saturated rings. The molecule has 0 saturated carbocycles. The molecule has 3 aromatic carbocycles. The first-order valence-corrected chi connectivity index (χ1v) is 12.4. The quantitative estimate of drug-likeness (QED) is 0.259. The van der Waals surface area contributed by atoms with E-state index in [4.69, 9.17) is 21.1 Å². The van der Waals surface area contributed by atoms with Crippen molar-refractivity contribution in [2.75, 3.05) is 19.7 Å². The predicted octanol–water partition coefficient (Wildman–Crippen LogP) is 5.20. The Morgan fingerprint density at radius 3 is 2.58 bits per heavy atom. The first-order chi connectivity index (χ1) is 17.5. The van der Waals surface area contributed by atoms with Crippen molar-refractivity contribution in [1.82, 2.24) is 15.2 Å². The van der Waals surface area contributed by atoms with E-state index in [9.17, 15) is 14.7 Å². The van der Waals surface area contributed by atoms with E-state index in [0.717, 1.165) is 21.0 Å². The number of carboxylic acids is 1. The third-order valence-corrected chi connectivity index (χ3v) is 6.32. The number of hydrogen-bond donors (Lipinski definition) is 2. The maximum atomic E-state index is 12.5. The smallest absolute Gasteiger partial charge is 0.416 e. The number of rotatable bonds is 11. The number of nitrogens with one attached hydrogen (secondary N) is 1. The topological polar surface area (TPSA) is 101 Å². The van der Waals surface area contributed by atoms with Crippen LogP contribution in [-0.2, 0) is 17.9 Å². The Balaban J connectivity index is 1.24. The van der Waals surface area contributed by atoms with Crippen LogP contribution in [0.25, 0.3) is 10.2 Å². The van der Waals surface area contributed by atoms with E-state index in [1.54, 1.807) is 53.8 Å². The molecular formula is C26H24ClN3O5S. The minimum absolute atomic E-state index is 0.0652. The van der Waals surface area contributed by atoms with Gasteiger partial charge in [-0.3, -0.25) is 9.69 Å². The molecule has 0 aliphatic heterocycles. The second-order valence-electron chi connectivity index (χ2n) is 7.82. The molecule has 1 amide bonds. The highest BCUT2D eigenvalue weighted by Crippen LogP contribution is 2.21. The van der Waals surface area contributed by atoms with Crippen LogP contribution < -0.4 is 14.8 Å². The van der Waals surface area contributed by atoms with Crippen molar-refractivity contribution in [3.63, 3.8) is 0 Å². The van der Waals surface area contributed by atoms with Crippen LogP contribution in [0.4, 0.5) is 4.79 Å². The SMILES string of the molecule is O=C(O)CN(Cc1ccc(OCCNCc2nc3ccccc3s2)cc1)C(=O)Oc1cccc(Cl)c1. The van der Waals surface area contributed by atoms with Crippen molar-refractivity contribution in [1.29, 1.82) is 0 Å². The van der Waals surface area contributed by atoms with Crippen molar-refractivity contribution in [3.05, 3.63) is 88.4 Å². The lowest BCUT2D eigenvalue weighted by atomic mass is 10.2. The number of para-hydroxylation sites is 1. The van der Waals surface area contributed by atoms with Gasteiger partial charge in [-0.05, 0) is 48.0 Å². The van der Waals surface area contributed by atoms with E-state index >= 15 is 0 Å². The fraction of sp³-hybridized carbons (Fsp3) is 0.192. The summed E-state index contributed by atoms with van der Waals surface area (Å²) < 4.78 is 12.2. The fourth-order valence-corrected chi connectivity index (χ4v) is 4.50. The summed E-state index contributed by atoms with van der Waals surface area (Å²) in [5.41, 5.74) is 1.75. The largest absolute Gasteiger partial charge is 0.492 e. The van der Waals surface area contributed by atoms with Crippen LogP contribution in [0.5, 0.6) is 11.5 Å². The van der Waals surface area contributed by atoms with Gasteiger partial charge in [-0.25, -0.2) is 9.78 Å². The lowest BCUT2D eigenvalue weighted by Gasteiger charge is -2.20. The molecule has 0 aliphatic carbocycles. The summed E-state index contributed by atoms with van der Waals surface area (Å²) in [6.45, 7) is 1.36. The molecular weight excluding hydrogens is 502 g/mol. The van der Waals surface area contributed by atoms with Crippen LogP contribution in [0, 0.1) is 0 Å². The molecule has 186 valence electrons. The van der Waals surface area contributed by atoms with Gasteiger partial charge in [0.1, 0.15) is 29.7 Å². The third-order valence-electron chi connectivity index (χ3n) is 5.04. The summed E-state index contributed by atoms with van der Waals surface area (Å²) in [5, 5.41) is 14.0. The van der Waals surface area contributed by atoms with E-state index in [1.165, 1.54) is 10.8 Å². The zero-order valence-electron chi connectivity index (χ0n) is 19.2. The first kappa shape index (κ1) is 25.4. The molecule has 8 nitrogen and oxygen atoms in total. The van der Waals surface area contributed by atoms with Crippen LogP contribution in [0.3, 0.4) is 0 Å². The van der Waals surface area contributed by atoms with Gasteiger partial charge in [-0.2, -0.15) is 0 Å². The van der Waals surface area contributed by atoms with Crippen LogP contribution in [0.15, 0.2) is 72.8 Å². The lowest BCUT2D eigenvalue weighted by Crippen LogP contribution is -2.37. The number of amides is 1. The van der Waals surface area contributed by atoms with Crippen molar-refractivity contribution < 1.29 is 24.2 Å². The summed E-state index contributed by atoms with van der Waals surface area (Å²) >= 11 is 7.59. The van der Waals surface area contributed by atoms with Crippen LogP contribution in [0.1, 0.15) is 10.6 Å². The number of aliphatic carboxylic acids is 1. The molecule has 10 heteroatoms. The maximum Gasteiger partial charge on any atom is 0.416 e. The fourth-order valence-electron chi connectivity index (χ4n) is 3.39. The Bertz CT molecular complexity index is 1300. The molecule has 2 N–H and O–H groups in total. The molecule has 0 unspecified atom stereocenters. The standard InChI is InChI=1S/C26H24ClN3O5S/c27-19-4-3-5-21(14-19)35-26(33)30(17-25(31)32)16-18-8-10-20(11-9-18)34-13-12-28-15-24-29-22-6-1-2-7-23(22)36-24/h1-11,14,28H,12-13,15-17H2,(H,31,32). The molecule has 1 aromatic heterocycles. The van der Waals surface area contributed by atoms with Gasteiger partial charge in [0.05, 0.1) is 10.2 Å². The number of benzene rings is 3. The number of ether oxygens (including phenoxy) is 2. The summed E-state index contributed by atoms with van der Waals surface area (Å²) in [7, 11) is 0. The molecule has 4 rings (SSSR count). The van der Waals surface area contributed by atoms with Crippen LogP contribution in [-0.4, -0.2) is 46.7 Å². The maximum absolute atomic E-state index is 12.5. The average Bonchev–Trinajstić information content (AvgIpc) is 3.27. The minimum Gasteiger partial charge on any atom is -0.492 e. The van der Waals surface area contributed by atoms with Gasteiger partial charge >= 0.3 is 12.1 Å². The highest BCUT2D eigenvalue weighted by atomic mass is 35.5. The highest BCUT2D eigenvalue weighted by molar-refractivity contribution is 7.18. The summed E-state index contributed by atoms with van der Waals surface area (Å²) in [6.07, 6.45) is -0.779. The summed E-state index contributed by atoms with van der Waals surface area (Å²) in [4.78, 5) is 29.5. The second kappa shape index (κ2) is 12.3. The number of thiazole rings is 1. The van der Waals surface area contributed by atoms with E-state index in [1.807, 2.05) is 18.2 Å². The average molecular weight is 526 g/mol. The molecule has 0 saturated heterocycles. The predicted molar refractivity (Wildman–Crippen MR) is 139 cm³/mol. The van der Waals surface area contributed by atoms with Gasteiger partial charge in [0.25, 0.3) is 0 Å². The number of fused-ring (bicyclic) bond motifs is 1. The Kier molecular flexibility index (Phi) is 8.72. The van der Waals surface area contributed by atoms with Gasteiger partial charge in [-0.1, -0.05) is 41.9 Å². The van der Waals surface area contributed by atoms with Crippen LogP contribution >= 0.6 is 22.9 Å². The van der Waals surface area contributed by atoms with Gasteiger partial charge in [0, 0.05) is 24.7 Å². The monoisotopic (exact) mass is 525 g/mol. The third kappa shape index (κ3) is 7.42. The number of nitrogens with zero attached hydrogens (tertiary/aromatic N) is 2. The molecule has 36 heavy (non-hydrogen) atoms. The Morgan fingerprint density at radius 1 is 1.03 bits per heavy atom. The van der Waals surface area contributed by atoms with E-state index < -0.39 is 18.6 Å². The summed E-state index contributed by atoms with van der Waals surface area (Å²) in [5.74, 6) is -0.230. The van der Waals surface area contributed by atoms with E-state index in [0.29, 0.717) is 30.5 Å². The second-order valence-corrected chi connectivity index (χ2v) is 9.37. The number of carbonyl (C=O) groups excluding carboxylic acids is 1. The highest BCUT2D eigenvalue weighted by Gasteiger charge is 2.19. The van der Waals surface area contributed by atoms with E-state index in [2.05, 4.69) is 16.4 Å². The summed E-state index contributed by atoms with van der Waals surface area (Å²) in [6, 6.07) is 21.5. The van der Waals surface area contributed by atoms with Gasteiger partial charge in [0.2, 0.25) is 0 Å². The Labute approximate surface area is 217 Å². The van der Waals surface area contributed by atoms with Crippen molar-refractivity contribution in [2.45, 2.75) is 13.1 Å². The zero-order chi connectivity index (χ0) is 25.3. The van der Waals surface area contributed by atoms with Gasteiger partial charge in [-0.15, -0.1) is 11.3 Å². The van der Waals surface area contributed by atoms with Crippen molar-refractivity contribution in [3.8, 4) is 11.5 Å². The normalized spacial score (nSPS) is 10.8. The lowest BCUT2D eigenvalue weighted by molar-refractivity contribution is -0.138. The minimum atomic E-state index is -1.14. The van der Waals surface area contributed by atoms with Crippen molar-refractivity contribution in [2.24, 2.45) is 0 Å². The van der Waals surface area contributed by atoms with Crippen molar-refractivity contribution >= 4 is 45.2 Å². The Hall–Kier alpha value is -3.66. The number of carboxylic acid groups (broad SMARTS) is 1. The van der Waals surface area contributed by atoms with Gasteiger partial charge < -0.3 is 19.9 Å². The van der Waals surface area contributed by atoms with Crippen LogP contribution in [0.2, 0.25) is 5.02 Å².